The molecule has 3 nitrogen and oxygen atoms in total. The number of halogens is 3. The lowest BCUT2D eigenvalue weighted by Crippen LogP contribution is -2.07. The summed E-state index contributed by atoms with van der Waals surface area (Å²) in [5.41, 5.74) is 2.30. The van der Waals surface area contributed by atoms with Gasteiger partial charge in [0.15, 0.2) is 11.6 Å². The number of hydrogen-bond donors (Lipinski definition) is 0. The quantitative estimate of drug-likeness (QED) is 0.725. The molecule has 0 N–H and O–H groups in total. The number of rotatable bonds is 6. The van der Waals surface area contributed by atoms with Crippen LogP contribution in [0.2, 0.25) is 5.02 Å². The first kappa shape index (κ1) is 16.1. The normalized spacial score (nSPS) is 10.9. The molecule has 1 aromatic carbocycles. The van der Waals surface area contributed by atoms with Gasteiger partial charge < -0.3 is 4.74 Å². The van der Waals surface area contributed by atoms with E-state index in [1.807, 2.05) is 13.8 Å². The minimum absolute atomic E-state index is 0.177. The minimum atomic E-state index is -0.428. The highest BCUT2D eigenvalue weighted by Gasteiger charge is 2.15. The summed E-state index contributed by atoms with van der Waals surface area (Å²) in [6.45, 7) is 4.83. The smallest absolute Gasteiger partial charge is 0.165 e. The highest BCUT2D eigenvalue weighted by molar-refractivity contribution is 6.31. The van der Waals surface area contributed by atoms with Gasteiger partial charge in [-0.25, -0.2) is 4.39 Å². The zero-order chi connectivity index (χ0) is 15.4. The number of hydrogen-bond acceptors (Lipinski definition) is 2. The molecule has 0 aliphatic rings. The van der Waals surface area contributed by atoms with E-state index in [2.05, 4.69) is 5.10 Å². The van der Waals surface area contributed by atoms with Gasteiger partial charge in [-0.05, 0) is 31.0 Å². The molecule has 0 saturated heterocycles. The van der Waals surface area contributed by atoms with Gasteiger partial charge in [0.2, 0.25) is 0 Å². The van der Waals surface area contributed by atoms with Gasteiger partial charge >= 0.3 is 0 Å². The number of alkyl halides is 1. The lowest BCUT2D eigenvalue weighted by Gasteiger charge is -2.09. The molecule has 0 unspecified atom stereocenters. The number of aryl methyl sites for hydroxylation is 2. The molecular formula is C15H17Cl2FN2O. The van der Waals surface area contributed by atoms with Crippen LogP contribution in [-0.2, 0) is 25.5 Å². The fraction of sp³-hybridized carbons (Fsp3) is 0.400. The number of ether oxygens (including phenoxy) is 1. The lowest BCUT2D eigenvalue weighted by atomic mass is 10.2. The van der Waals surface area contributed by atoms with E-state index in [0.29, 0.717) is 17.1 Å². The standard InChI is InChI=1S/C15H17Cl2FN2O/c1-3-12-15(17)13(20(4-2)19-12)9-21-14-6-5-10(8-16)7-11(14)18/h5-7H,3-4,8-9H2,1-2H3. The maximum Gasteiger partial charge on any atom is 0.165 e. The van der Waals surface area contributed by atoms with Crippen molar-refractivity contribution in [1.82, 2.24) is 9.78 Å². The zero-order valence-corrected chi connectivity index (χ0v) is 13.5. The molecule has 2 rings (SSSR count). The van der Waals surface area contributed by atoms with Crippen molar-refractivity contribution in [1.29, 1.82) is 0 Å². The topological polar surface area (TPSA) is 27.1 Å². The summed E-state index contributed by atoms with van der Waals surface area (Å²) in [4.78, 5) is 0. The summed E-state index contributed by atoms with van der Waals surface area (Å²) < 4.78 is 21.2. The molecule has 0 amide bonds. The number of nitrogens with zero attached hydrogens (tertiary/aromatic N) is 2. The van der Waals surface area contributed by atoms with Crippen molar-refractivity contribution in [3.63, 3.8) is 0 Å². The average molecular weight is 331 g/mol. The van der Waals surface area contributed by atoms with E-state index in [4.69, 9.17) is 27.9 Å². The number of benzene rings is 1. The summed E-state index contributed by atoms with van der Waals surface area (Å²) in [6.07, 6.45) is 0.748. The summed E-state index contributed by atoms with van der Waals surface area (Å²) in [5, 5.41) is 5.00. The SMILES string of the molecule is CCc1nn(CC)c(COc2ccc(CCl)cc2F)c1Cl. The molecule has 0 atom stereocenters. The predicted octanol–water partition coefficient (Wildman–Crippen LogP) is 4.58. The zero-order valence-electron chi connectivity index (χ0n) is 12.0. The Hall–Kier alpha value is -1.26. The van der Waals surface area contributed by atoms with Gasteiger partial charge in [0, 0.05) is 12.4 Å². The summed E-state index contributed by atoms with van der Waals surface area (Å²) >= 11 is 12.0. The highest BCUT2D eigenvalue weighted by Crippen LogP contribution is 2.25. The Labute approximate surface area is 133 Å². The average Bonchev–Trinajstić information content (AvgIpc) is 2.81. The monoisotopic (exact) mass is 330 g/mol. The van der Waals surface area contributed by atoms with Crippen LogP contribution in [0.3, 0.4) is 0 Å². The third-order valence-corrected chi connectivity index (χ3v) is 3.95. The molecule has 0 saturated carbocycles. The first-order valence-electron chi connectivity index (χ1n) is 6.81. The summed E-state index contributed by atoms with van der Waals surface area (Å²) in [5.74, 6) is 0.0234. The van der Waals surface area contributed by atoms with Gasteiger partial charge in [0.05, 0.1) is 16.4 Å². The van der Waals surface area contributed by atoms with E-state index in [1.54, 1.807) is 16.8 Å². The lowest BCUT2D eigenvalue weighted by molar-refractivity contribution is 0.278. The van der Waals surface area contributed by atoms with Gasteiger partial charge in [0.1, 0.15) is 6.61 Å². The fourth-order valence-electron chi connectivity index (χ4n) is 2.05. The van der Waals surface area contributed by atoms with Gasteiger partial charge in [-0.2, -0.15) is 5.10 Å². The molecule has 0 spiro atoms. The second-order valence-corrected chi connectivity index (χ2v) is 5.21. The summed E-state index contributed by atoms with van der Waals surface area (Å²) in [6, 6.07) is 4.69. The Morgan fingerprint density at radius 1 is 1.33 bits per heavy atom. The van der Waals surface area contributed by atoms with E-state index >= 15 is 0 Å². The Morgan fingerprint density at radius 2 is 2.10 bits per heavy atom. The Bertz CT molecular complexity index is 628. The van der Waals surface area contributed by atoms with Gasteiger partial charge in [-0.1, -0.05) is 24.6 Å². The van der Waals surface area contributed by atoms with Gasteiger partial charge in [-0.3, -0.25) is 4.68 Å². The van der Waals surface area contributed by atoms with E-state index in [0.717, 1.165) is 17.8 Å². The second-order valence-electron chi connectivity index (χ2n) is 4.56. The molecular weight excluding hydrogens is 314 g/mol. The van der Waals surface area contributed by atoms with Crippen LogP contribution in [0.15, 0.2) is 18.2 Å². The van der Waals surface area contributed by atoms with E-state index < -0.39 is 5.82 Å². The third kappa shape index (κ3) is 3.50. The van der Waals surface area contributed by atoms with Gasteiger partial charge in [0.25, 0.3) is 0 Å². The van der Waals surface area contributed by atoms with Crippen molar-refractivity contribution in [3.8, 4) is 5.75 Å². The molecule has 0 aliphatic heterocycles. The minimum Gasteiger partial charge on any atom is -0.484 e. The van der Waals surface area contributed by atoms with Crippen molar-refractivity contribution in [2.45, 2.75) is 39.3 Å². The summed E-state index contributed by atoms with van der Waals surface area (Å²) in [7, 11) is 0. The first-order chi connectivity index (χ1) is 10.1. The molecule has 6 heteroatoms. The Balaban J connectivity index is 2.18. The van der Waals surface area contributed by atoms with Crippen LogP contribution in [0.4, 0.5) is 4.39 Å². The molecule has 1 heterocycles. The van der Waals surface area contributed by atoms with E-state index in [-0.39, 0.29) is 18.2 Å². The van der Waals surface area contributed by atoms with E-state index in [9.17, 15) is 4.39 Å². The molecule has 0 radical (unpaired) electrons. The van der Waals surface area contributed by atoms with Crippen LogP contribution in [0.5, 0.6) is 5.75 Å². The predicted molar refractivity (Wildman–Crippen MR) is 82.6 cm³/mol. The van der Waals surface area contributed by atoms with Crippen molar-refractivity contribution in [2.24, 2.45) is 0 Å². The van der Waals surface area contributed by atoms with Gasteiger partial charge in [-0.15, -0.1) is 11.6 Å². The Morgan fingerprint density at radius 3 is 2.67 bits per heavy atom. The highest BCUT2D eigenvalue weighted by atomic mass is 35.5. The maximum absolute atomic E-state index is 13.9. The Kier molecular flexibility index (Phi) is 5.48. The van der Waals surface area contributed by atoms with Crippen molar-refractivity contribution in [3.05, 3.63) is 46.0 Å². The van der Waals surface area contributed by atoms with E-state index in [1.165, 1.54) is 6.07 Å². The molecule has 1 aromatic heterocycles. The molecule has 0 aliphatic carbocycles. The molecule has 0 fully saturated rings. The maximum atomic E-state index is 13.9. The second kappa shape index (κ2) is 7.14. The molecule has 21 heavy (non-hydrogen) atoms. The van der Waals surface area contributed by atoms with Crippen molar-refractivity contribution >= 4 is 23.2 Å². The third-order valence-electron chi connectivity index (χ3n) is 3.21. The van der Waals surface area contributed by atoms with Crippen LogP contribution in [0.1, 0.15) is 30.8 Å². The van der Waals surface area contributed by atoms with Crippen LogP contribution in [-0.4, -0.2) is 9.78 Å². The van der Waals surface area contributed by atoms with Crippen LogP contribution in [0, 0.1) is 5.82 Å². The molecule has 0 bridgehead atoms. The molecule has 2 aromatic rings. The van der Waals surface area contributed by atoms with Crippen molar-refractivity contribution < 1.29 is 9.13 Å². The largest absolute Gasteiger partial charge is 0.484 e. The fourth-order valence-corrected chi connectivity index (χ4v) is 2.54. The first-order valence-corrected chi connectivity index (χ1v) is 7.73. The van der Waals surface area contributed by atoms with Crippen LogP contribution < -0.4 is 4.74 Å². The van der Waals surface area contributed by atoms with Crippen molar-refractivity contribution in [2.75, 3.05) is 0 Å². The molecule has 114 valence electrons. The van der Waals surface area contributed by atoms with Crippen LogP contribution >= 0.6 is 23.2 Å². The number of aromatic nitrogens is 2. The van der Waals surface area contributed by atoms with Crippen LogP contribution in [0.25, 0.3) is 0 Å².